The normalized spacial score (nSPS) is 12.0. The molecule has 0 bridgehead atoms. The Balaban J connectivity index is 2.12. The molecule has 2 aromatic rings. The van der Waals surface area contributed by atoms with Gasteiger partial charge in [0, 0.05) is 6.42 Å². The molecule has 0 saturated carbocycles. The molecule has 0 aromatic heterocycles. The summed E-state index contributed by atoms with van der Waals surface area (Å²) in [6.07, 6.45) is -0.664. The van der Waals surface area contributed by atoms with Gasteiger partial charge in [0.15, 0.2) is 6.10 Å². The Labute approximate surface area is 149 Å². The maximum Gasteiger partial charge on any atom is 0.345 e. The monoisotopic (exact) mass is 342 g/mol. The summed E-state index contributed by atoms with van der Waals surface area (Å²) in [6.45, 7) is 8.67. The van der Waals surface area contributed by atoms with E-state index in [1.807, 2.05) is 56.3 Å². The lowest BCUT2D eigenvalue weighted by Crippen LogP contribution is -2.29. The largest absolute Gasteiger partial charge is 0.493 e. The summed E-state index contributed by atoms with van der Waals surface area (Å²) in [7, 11) is 0. The van der Waals surface area contributed by atoms with Crippen LogP contribution in [0.4, 0.5) is 0 Å². The second-order valence-electron chi connectivity index (χ2n) is 6.77. The summed E-state index contributed by atoms with van der Waals surface area (Å²) in [5.74, 6) is 0.819. The molecule has 134 valence electrons. The number of aliphatic carboxylic acids is 1. The average Bonchev–Trinajstić information content (AvgIpc) is 2.56. The zero-order valence-electron chi connectivity index (χ0n) is 15.3. The first kappa shape index (κ1) is 18.8. The van der Waals surface area contributed by atoms with Crippen LogP contribution in [0.3, 0.4) is 0 Å². The van der Waals surface area contributed by atoms with E-state index in [0.29, 0.717) is 18.3 Å². The van der Waals surface area contributed by atoms with Crippen LogP contribution in [0.15, 0.2) is 42.5 Å². The molecule has 0 aliphatic heterocycles. The molecule has 4 heteroatoms. The number of carbonyl (C=O) groups is 1. The first-order valence-corrected chi connectivity index (χ1v) is 8.53. The van der Waals surface area contributed by atoms with Crippen LogP contribution in [-0.4, -0.2) is 23.8 Å². The number of carboxylic acids is 1. The number of rotatable bonds is 8. The maximum atomic E-state index is 11.6. The summed E-state index contributed by atoms with van der Waals surface area (Å²) < 4.78 is 11.5. The van der Waals surface area contributed by atoms with Gasteiger partial charge in [-0.25, -0.2) is 4.79 Å². The number of ether oxygens (including phenoxy) is 2. The van der Waals surface area contributed by atoms with Crippen molar-refractivity contribution >= 4 is 5.97 Å². The van der Waals surface area contributed by atoms with Crippen molar-refractivity contribution in [2.45, 2.75) is 40.2 Å². The zero-order chi connectivity index (χ0) is 18.4. The van der Waals surface area contributed by atoms with Crippen LogP contribution in [0.2, 0.25) is 0 Å². The number of aryl methyl sites for hydroxylation is 2. The lowest BCUT2D eigenvalue weighted by molar-refractivity contribution is -0.145. The SMILES string of the molecule is Cc1ccc(C)c(OC(Cc2cccc(OCC(C)C)c2)C(=O)O)c1. The molecule has 1 unspecified atom stereocenters. The van der Waals surface area contributed by atoms with Crippen LogP contribution < -0.4 is 9.47 Å². The van der Waals surface area contributed by atoms with Gasteiger partial charge >= 0.3 is 5.97 Å². The summed E-state index contributed by atoms with van der Waals surface area (Å²) in [6, 6.07) is 13.3. The van der Waals surface area contributed by atoms with Crippen molar-refractivity contribution in [1.29, 1.82) is 0 Å². The topological polar surface area (TPSA) is 55.8 Å². The first-order chi connectivity index (χ1) is 11.8. The molecule has 1 N–H and O–H groups in total. The number of hydrogen-bond donors (Lipinski definition) is 1. The van der Waals surface area contributed by atoms with E-state index in [2.05, 4.69) is 13.8 Å². The Morgan fingerprint density at radius 2 is 1.88 bits per heavy atom. The summed E-state index contributed by atoms with van der Waals surface area (Å²) >= 11 is 0. The first-order valence-electron chi connectivity index (χ1n) is 8.53. The molecule has 0 aliphatic rings. The molecular formula is C21H26O4. The van der Waals surface area contributed by atoms with E-state index in [9.17, 15) is 9.90 Å². The van der Waals surface area contributed by atoms with Crippen molar-refractivity contribution < 1.29 is 19.4 Å². The van der Waals surface area contributed by atoms with Gasteiger partial charge in [0.05, 0.1) is 6.61 Å². The predicted octanol–water partition coefficient (Wildman–Crippen LogP) is 4.41. The highest BCUT2D eigenvalue weighted by Crippen LogP contribution is 2.23. The van der Waals surface area contributed by atoms with Gasteiger partial charge in [-0.3, -0.25) is 0 Å². The third kappa shape index (κ3) is 5.82. The zero-order valence-corrected chi connectivity index (χ0v) is 15.3. The van der Waals surface area contributed by atoms with Crippen LogP contribution in [0.25, 0.3) is 0 Å². The van der Waals surface area contributed by atoms with Crippen LogP contribution in [0.5, 0.6) is 11.5 Å². The van der Waals surface area contributed by atoms with Crippen molar-refractivity contribution in [3.05, 3.63) is 59.2 Å². The predicted molar refractivity (Wildman–Crippen MR) is 98.4 cm³/mol. The van der Waals surface area contributed by atoms with E-state index in [-0.39, 0.29) is 6.42 Å². The molecule has 0 radical (unpaired) electrons. The molecule has 1 atom stereocenters. The number of benzene rings is 2. The second-order valence-corrected chi connectivity index (χ2v) is 6.77. The third-order valence-corrected chi connectivity index (χ3v) is 3.79. The second kappa shape index (κ2) is 8.56. The lowest BCUT2D eigenvalue weighted by atomic mass is 10.1. The third-order valence-electron chi connectivity index (χ3n) is 3.79. The Morgan fingerprint density at radius 3 is 2.56 bits per heavy atom. The average molecular weight is 342 g/mol. The van der Waals surface area contributed by atoms with E-state index >= 15 is 0 Å². The van der Waals surface area contributed by atoms with Crippen LogP contribution in [0.1, 0.15) is 30.5 Å². The van der Waals surface area contributed by atoms with Crippen LogP contribution in [0, 0.1) is 19.8 Å². The molecular weight excluding hydrogens is 316 g/mol. The van der Waals surface area contributed by atoms with E-state index < -0.39 is 12.1 Å². The Bertz CT molecular complexity index is 722. The van der Waals surface area contributed by atoms with E-state index in [4.69, 9.17) is 9.47 Å². The molecule has 25 heavy (non-hydrogen) atoms. The Kier molecular flexibility index (Phi) is 6.45. The number of carboxylic acid groups (broad SMARTS) is 1. The smallest absolute Gasteiger partial charge is 0.345 e. The van der Waals surface area contributed by atoms with Gasteiger partial charge in [-0.1, -0.05) is 38.1 Å². The summed E-state index contributed by atoms with van der Waals surface area (Å²) in [5, 5.41) is 9.55. The van der Waals surface area contributed by atoms with Crippen LogP contribution in [-0.2, 0) is 11.2 Å². The fourth-order valence-electron chi connectivity index (χ4n) is 2.41. The fourth-order valence-corrected chi connectivity index (χ4v) is 2.41. The molecule has 0 fully saturated rings. The van der Waals surface area contributed by atoms with Crippen molar-refractivity contribution in [3.63, 3.8) is 0 Å². The molecule has 0 saturated heterocycles. The van der Waals surface area contributed by atoms with Gasteiger partial charge in [-0.05, 0) is 54.7 Å². The van der Waals surface area contributed by atoms with Crippen LogP contribution >= 0.6 is 0 Å². The van der Waals surface area contributed by atoms with Gasteiger partial charge in [0.25, 0.3) is 0 Å². The molecule has 0 amide bonds. The van der Waals surface area contributed by atoms with Crippen molar-refractivity contribution in [1.82, 2.24) is 0 Å². The Morgan fingerprint density at radius 1 is 1.12 bits per heavy atom. The highest BCUT2D eigenvalue weighted by Gasteiger charge is 2.21. The standard InChI is InChI=1S/C21H26O4/c1-14(2)13-24-18-7-5-6-17(11-18)12-20(21(22)23)25-19-10-15(3)8-9-16(19)4/h5-11,14,20H,12-13H2,1-4H3,(H,22,23). The van der Waals surface area contributed by atoms with Crippen molar-refractivity contribution in [2.24, 2.45) is 5.92 Å². The minimum Gasteiger partial charge on any atom is -0.493 e. The van der Waals surface area contributed by atoms with Gasteiger partial charge in [-0.2, -0.15) is 0 Å². The highest BCUT2D eigenvalue weighted by atomic mass is 16.5. The fraction of sp³-hybridized carbons (Fsp3) is 0.381. The molecule has 2 rings (SSSR count). The quantitative estimate of drug-likeness (QED) is 0.772. The highest BCUT2D eigenvalue weighted by molar-refractivity contribution is 5.73. The minimum atomic E-state index is -0.977. The van der Waals surface area contributed by atoms with Crippen molar-refractivity contribution in [2.75, 3.05) is 6.61 Å². The van der Waals surface area contributed by atoms with Gasteiger partial charge in [0.1, 0.15) is 11.5 Å². The molecule has 0 aliphatic carbocycles. The Hall–Kier alpha value is -2.49. The molecule has 0 heterocycles. The van der Waals surface area contributed by atoms with Crippen molar-refractivity contribution in [3.8, 4) is 11.5 Å². The molecule has 2 aromatic carbocycles. The van der Waals surface area contributed by atoms with Gasteiger partial charge < -0.3 is 14.6 Å². The number of hydrogen-bond acceptors (Lipinski definition) is 3. The molecule has 4 nitrogen and oxygen atoms in total. The molecule has 0 spiro atoms. The summed E-state index contributed by atoms with van der Waals surface area (Å²) in [4.78, 5) is 11.6. The van der Waals surface area contributed by atoms with E-state index in [0.717, 1.165) is 22.4 Å². The van der Waals surface area contributed by atoms with E-state index in [1.165, 1.54) is 0 Å². The summed E-state index contributed by atoms with van der Waals surface area (Å²) in [5.41, 5.74) is 2.83. The lowest BCUT2D eigenvalue weighted by Gasteiger charge is -2.18. The van der Waals surface area contributed by atoms with Gasteiger partial charge in [0.2, 0.25) is 0 Å². The maximum absolute atomic E-state index is 11.6. The van der Waals surface area contributed by atoms with E-state index in [1.54, 1.807) is 0 Å². The van der Waals surface area contributed by atoms with Gasteiger partial charge in [-0.15, -0.1) is 0 Å². The minimum absolute atomic E-state index is 0.279.